The summed E-state index contributed by atoms with van der Waals surface area (Å²) in [5, 5.41) is 3.26. The number of ether oxygens (including phenoxy) is 1. The monoisotopic (exact) mass is 259 g/mol. The minimum absolute atomic E-state index is 0.202. The summed E-state index contributed by atoms with van der Waals surface area (Å²) in [6, 6.07) is 14.5. The van der Waals surface area contributed by atoms with Gasteiger partial charge in [-0.3, -0.25) is 0 Å². The molecular formula is C16H18FNO. The molecule has 0 bridgehead atoms. The van der Waals surface area contributed by atoms with E-state index in [-0.39, 0.29) is 5.82 Å². The molecule has 2 aromatic carbocycles. The first kappa shape index (κ1) is 13.6. The van der Waals surface area contributed by atoms with Crippen molar-refractivity contribution in [2.45, 2.75) is 13.5 Å². The molecule has 0 unspecified atom stereocenters. The van der Waals surface area contributed by atoms with Gasteiger partial charge in [-0.1, -0.05) is 24.3 Å². The summed E-state index contributed by atoms with van der Waals surface area (Å²) < 4.78 is 18.3. The average Bonchev–Trinajstić information content (AvgIpc) is 2.41. The van der Waals surface area contributed by atoms with E-state index in [0.29, 0.717) is 6.61 Å². The van der Waals surface area contributed by atoms with E-state index >= 15 is 0 Å². The SMILES string of the molecule is Cc1cccc(OCCNCc2ccc(F)cc2)c1. The van der Waals surface area contributed by atoms with Gasteiger partial charge in [-0.25, -0.2) is 4.39 Å². The summed E-state index contributed by atoms with van der Waals surface area (Å²) in [5.74, 6) is 0.690. The van der Waals surface area contributed by atoms with E-state index in [0.717, 1.165) is 24.4 Å². The van der Waals surface area contributed by atoms with Gasteiger partial charge in [0, 0.05) is 13.1 Å². The molecule has 0 aliphatic rings. The zero-order valence-electron chi connectivity index (χ0n) is 11.0. The Morgan fingerprint density at radius 1 is 1.11 bits per heavy atom. The van der Waals surface area contributed by atoms with E-state index in [4.69, 9.17) is 4.74 Å². The Morgan fingerprint density at radius 3 is 2.63 bits per heavy atom. The first-order valence-electron chi connectivity index (χ1n) is 6.39. The van der Waals surface area contributed by atoms with Gasteiger partial charge in [0.2, 0.25) is 0 Å². The Morgan fingerprint density at radius 2 is 1.89 bits per heavy atom. The van der Waals surface area contributed by atoms with Crippen LogP contribution in [-0.2, 0) is 6.54 Å². The van der Waals surface area contributed by atoms with Crippen molar-refractivity contribution in [3.63, 3.8) is 0 Å². The molecule has 0 aliphatic carbocycles. The summed E-state index contributed by atoms with van der Waals surface area (Å²) in [5.41, 5.74) is 2.26. The molecule has 0 spiro atoms. The van der Waals surface area contributed by atoms with Crippen molar-refractivity contribution >= 4 is 0 Å². The maximum Gasteiger partial charge on any atom is 0.123 e. The largest absolute Gasteiger partial charge is 0.492 e. The van der Waals surface area contributed by atoms with Crippen molar-refractivity contribution in [1.82, 2.24) is 5.32 Å². The van der Waals surface area contributed by atoms with E-state index < -0.39 is 0 Å². The third-order valence-electron chi connectivity index (χ3n) is 2.78. The van der Waals surface area contributed by atoms with Crippen LogP contribution in [0.5, 0.6) is 5.75 Å². The van der Waals surface area contributed by atoms with Gasteiger partial charge < -0.3 is 10.1 Å². The quantitative estimate of drug-likeness (QED) is 0.804. The molecule has 0 aliphatic heterocycles. The van der Waals surface area contributed by atoms with Crippen LogP contribution < -0.4 is 10.1 Å². The van der Waals surface area contributed by atoms with E-state index in [1.54, 1.807) is 12.1 Å². The lowest BCUT2D eigenvalue weighted by molar-refractivity contribution is 0.313. The number of halogens is 1. The molecule has 3 heteroatoms. The molecule has 2 aromatic rings. The molecule has 0 aromatic heterocycles. The fourth-order valence-electron chi connectivity index (χ4n) is 1.78. The molecular weight excluding hydrogens is 241 g/mol. The molecule has 2 nitrogen and oxygen atoms in total. The van der Waals surface area contributed by atoms with Gasteiger partial charge in [0.05, 0.1) is 0 Å². The van der Waals surface area contributed by atoms with Crippen molar-refractivity contribution in [2.24, 2.45) is 0 Å². The van der Waals surface area contributed by atoms with Crippen molar-refractivity contribution < 1.29 is 9.13 Å². The zero-order chi connectivity index (χ0) is 13.5. The van der Waals surface area contributed by atoms with Gasteiger partial charge >= 0.3 is 0 Å². The maximum atomic E-state index is 12.7. The van der Waals surface area contributed by atoms with Gasteiger partial charge in [0.25, 0.3) is 0 Å². The average molecular weight is 259 g/mol. The van der Waals surface area contributed by atoms with Gasteiger partial charge in [-0.05, 0) is 42.3 Å². The van der Waals surface area contributed by atoms with Crippen LogP contribution in [0.15, 0.2) is 48.5 Å². The van der Waals surface area contributed by atoms with Gasteiger partial charge in [0.1, 0.15) is 18.2 Å². The standard InChI is InChI=1S/C16H18FNO/c1-13-3-2-4-16(11-13)19-10-9-18-12-14-5-7-15(17)8-6-14/h2-8,11,18H,9-10,12H2,1H3. The molecule has 0 radical (unpaired) electrons. The van der Waals surface area contributed by atoms with E-state index in [9.17, 15) is 4.39 Å². The van der Waals surface area contributed by atoms with Crippen LogP contribution in [0.4, 0.5) is 4.39 Å². The first-order chi connectivity index (χ1) is 9.24. The van der Waals surface area contributed by atoms with Crippen LogP contribution >= 0.6 is 0 Å². The predicted molar refractivity (Wildman–Crippen MR) is 74.8 cm³/mol. The van der Waals surface area contributed by atoms with Gasteiger partial charge in [0.15, 0.2) is 0 Å². The lowest BCUT2D eigenvalue weighted by atomic mass is 10.2. The summed E-state index contributed by atoms with van der Waals surface area (Å²) >= 11 is 0. The molecule has 0 fully saturated rings. The van der Waals surface area contributed by atoms with E-state index in [1.807, 2.05) is 31.2 Å². The Bertz CT molecular complexity index is 510. The van der Waals surface area contributed by atoms with Crippen LogP contribution in [-0.4, -0.2) is 13.2 Å². The summed E-state index contributed by atoms with van der Waals surface area (Å²) in [6.45, 7) is 4.13. The fourth-order valence-corrected chi connectivity index (χ4v) is 1.78. The third kappa shape index (κ3) is 4.72. The smallest absolute Gasteiger partial charge is 0.123 e. The van der Waals surface area contributed by atoms with Crippen molar-refractivity contribution in [1.29, 1.82) is 0 Å². The minimum Gasteiger partial charge on any atom is -0.492 e. The molecule has 1 N–H and O–H groups in total. The Balaban J connectivity index is 1.66. The number of benzene rings is 2. The number of hydrogen-bond donors (Lipinski definition) is 1. The van der Waals surface area contributed by atoms with Crippen molar-refractivity contribution in [3.05, 3.63) is 65.5 Å². The molecule has 19 heavy (non-hydrogen) atoms. The summed E-state index contributed by atoms with van der Waals surface area (Å²) in [7, 11) is 0. The highest BCUT2D eigenvalue weighted by molar-refractivity contribution is 5.27. The minimum atomic E-state index is -0.202. The number of rotatable bonds is 6. The molecule has 0 atom stereocenters. The van der Waals surface area contributed by atoms with Crippen LogP contribution in [0.3, 0.4) is 0 Å². The lowest BCUT2D eigenvalue weighted by Gasteiger charge is -2.08. The van der Waals surface area contributed by atoms with Gasteiger partial charge in [-0.15, -0.1) is 0 Å². The van der Waals surface area contributed by atoms with Crippen LogP contribution in [0.25, 0.3) is 0 Å². The number of hydrogen-bond acceptors (Lipinski definition) is 2. The third-order valence-corrected chi connectivity index (χ3v) is 2.78. The summed E-state index contributed by atoms with van der Waals surface area (Å²) in [6.07, 6.45) is 0. The molecule has 0 saturated carbocycles. The molecule has 2 rings (SSSR count). The maximum absolute atomic E-state index is 12.7. The van der Waals surface area contributed by atoms with Crippen LogP contribution in [0.1, 0.15) is 11.1 Å². The van der Waals surface area contributed by atoms with Crippen molar-refractivity contribution in [3.8, 4) is 5.75 Å². The topological polar surface area (TPSA) is 21.3 Å². The fraction of sp³-hybridized carbons (Fsp3) is 0.250. The van der Waals surface area contributed by atoms with E-state index in [1.165, 1.54) is 17.7 Å². The molecule has 100 valence electrons. The molecule has 0 heterocycles. The molecule has 0 amide bonds. The lowest BCUT2D eigenvalue weighted by Crippen LogP contribution is -2.20. The first-order valence-corrected chi connectivity index (χ1v) is 6.39. The highest BCUT2D eigenvalue weighted by atomic mass is 19.1. The second-order valence-corrected chi connectivity index (χ2v) is 4.47. The number of nitrogens with one attached hydrogen (secondary N) is 1. The Labute approximate surface area is 113 Å². The van der Waals surface area contributed by atoms with E-state index in [2.05, 4.69) is 5.32 Å². The second kappa shape index (κ2) is 6.90. The van der Waals surface area contributed by atoms with Crippen LogP contribution in [0, 0.1) is 12.7 Å². The zero-order valence-corrected chi connectivity index (χ0v) is 11.0. The Kier molecular flexibility index (Phi) is 4.93. The summed E-state index contributed by atoms with van der Waals surface area (Å²) in [4.78, 5) is 0. The van der Waals surface area contributed by atoms with Gasteiger partial charge in [-0.2, -0.15) is 0 Å². The highest BCUT2D eigenvalue weighted by Crippen LogP contribution is 2.11. The Hall–Kier alpha value is -1.87. The normalized spacial score (nSPS) is 10.4. The molecule has 0 saturated heterocycles. The van der Waals surface area contributed by atoms with Crippen LogP contribution in [0.2, 0.25) is 0 Å². The van der Waals surface area contributed by atoms with Crippen molar-refractivity contribution in [2.75, 3.05) is 13.2 Å². The predicted octanol–water partition coefficient (Wildman–Crippen LogP) is 3.30. The second-order valence-electron chi connectivity index (χ2n) is 4.47. The number of aryl methyl sites for hydroxylation is 1. The highest BCUT2D eigenvalue weighted by Gasteiger charge is 1.95.